The molecule has 0 aliphatic heterocycles. The lowest BCUT2D eigenvalue weighted by Gasteiger charge is -2.15. The van der Waals surface area contributed by atoms with Gasteiger partial charge in [-0.15, -0.1) is 0 Å². The summed E-state index contributed by atoms with van der Waals surface area (Å²) in [6.07, 6.45) is 6.28. The molecule has 1 atom stereocenters. The van der Waals surface area contributed by atoms with Gasteiger partial charge in [-0.3, -0.25) is 4.98 Å². The lowest BCUT2D eigenvalue weighted by atomic mass is 10.1. The molecule has 0 amide bonds. The fourth-order valence-corrected chi connectivity index (χ4v) is 1.53. The lowest BCUT2D eigenvalue weighted by Crippen LogP contribution is -2.20. The molecule has 1 unspecified atom stereocenters. The molecule has 1 heterocycles. The van der Waals surface area contributed by atoms with Crippen LogP contribution in [0.3, 0.4) is 0 Å². The van der Waals surface area contributed by atoms with Crippen LogP contribution in [0.1, 0.15) is 43.9 Å². The number of pyridine rings is 1. The number of unbranched alkanes of at least 4 members (excludes halogenated alkanes) is 1. The van der Waals surface area contributed by atoms with Gasteiger partial charge in [0.25, 0.3) is 0 Å². The molecule has 0 bridgehead atoms. The number of nitrogens with zero attached hydrogens (tertiary/aromatic N) is 1. The van der Waals surface area contributed by atoms with Gasteiger partial charge in [0, 0.05) is 18.4 Å². The van der Waals surface area contributed by atoms with Gasteiger partial charge in [-0.2, -0.15) is 0 Å². The Balaban J connectivity index is 2.51. The molecule has 1 aromatic heterocycles. The number of hydrogen-bond acceptors (Lipinski definition) is 2. The summed E-state index contributed by atoms with van der Waals surface area (Å²) in [4.78, 5) is 4.15. The molecule has 2 nitrogen and oxygen atoms in total. The van der Waals surface area contributed by atoms with Crippen molar-refractivity contribution < 1.29 is 0 Å². The maximum Gasteiger partial charge on any atom is 0.0318 e. The molecule has 0 aliphatic rings. The van der Waals surface area contributed by atoms with E-state index >= 15 is 0 Å². The van der Waals surface area contributed by atoms with Crippen molar-refractivity contribution in [2.75, 3.05) is 6.54 Å². The van der Waals surface area contributed by atoms with Gasteiger partial charge in [-0.1, -0.05) is 13.3 Å². The minimum absolute atomic E-state index is 0.412. The number of nitrogens with one attached hydrogen (secondary N) is 1. The highest BCUT2D eigenvalue weighted by Gasteiger charge is 2.06. The van der Waals surface area contributed by atoms with Gasteiger partial charge in [0.05, 0.1) is 0 Å². The van der Waals surface area contributed by atoms with Crippen molar-refractivity contribution in [1.29, 1.82) is 0 Å². The molecule has 0 radical (unpaired) electrons. The highest BCUT2D eigenvalue weighted by Crippen LogP contribution is 2.14. The van der Waals surface area contributed by atoms with E-state index in [2.05, 4.69) is 37.1 Å². The molecule has 0 saturated heterocycles. The topological polar surface area (TPSA) is 24.9 Å². The molecule has 14 heavy (non-hydrogen) atoms. The average molecular weight is 192 g/mol. The zero-order chi connectivity index (χ0) is 10.4. The Bertz CT molecular complexity index is 271. The molecule has 2 heteroatoms. The summed E-state index contributed by atoms with van der Waals surface area (Å²) in [5.74, 6) is 0. The van der Waals surface area contributed by atoms with E-state index in [1.807, 2.05) is 12.4 Å². The summed E-state index contributed by atoms with van der Waals surface area (Å²) >= 11 is 0. The molecule has 78 valence electrons. The van der Waals surface area contributed by atoms with Gasteiger partial charge in [-0.25, -0.2) is 0 Å². The van der Waals surface area contributed by atoms with Crippen LogP contribution in [0.2, 0.25) is 0 Å². The van der Waals surface area contributed by atoms with E-state index < -0.39 is 0 Å². The van der Waals surface area contributed by atoms with Crippen LogP contribution in [-0.2, 0) is 0 Å². The van der Waals surface area contributed by atoms with Crippen LogP contribution in [0.4, 0.5) is 0 Å². The molecular weight excluding hydrogens is 172 g/mol. The van der Waals surface area contributed by atoms with Crippen LogP contribution in [0, 0.1) is 6.92 Å². The van der Waals surface area contributed by atoms with Crippen molar-refractivity contribution in [2.24, 2.45) is 0 Å². The fourth-order valence-electron chi connectivity index (χ4n) is 1.53. The number of rotatable bonds is 5. The molecule has 0 saturated carbocycles. The van der Waals surface area contributed by atoms with Gasteiger partial charge >= 0.3 is 0 Å². The van der Waals surface area contributed by atoms with Crippen molar-refractivity contribution >= 4 is 0 Å². The summed E-state index contributed by atoms with van der Waals surface area (Å²) in [5, 5.41) is 3.50. The second-order valence-corrected chi connectivity index (χ2v) is 3.76. The van der Waals surface area contributed by atoms with E-state index in [0.29, 0.717) is 6.04 Å². The Labute approximate surface area is 86.8 Å². The third-order valence-corrected chi connectivity index (χ3v) is 2.53. The Hall–Kier alpha value is -0.890. The van der Waals surface area contributed by atoms with Gasteiger partial charge in [0.15, 0.2) is 0 Å². The highest BCUT2D eigenvalue weighted by atomic mass is 14.9. The number of hydrogen-bond donors (Lipinski definition) is 1. The first-order valence-corrected chi connectivity index (χ1v) is 5.39. The normalized spacial score (nSPS) is 12.8. The van der Waals surface area contributed by atoms with Crippen LogP contribution in [0.25, 0.3) is 0 Å². The van der Waals surface area contributed by atoms with Crippen molar-refractivity contribution in [2.45, 2.75) is 39.7 Å². The lowest BCUT2D eigenvalue weighted by molar-refractivity contribution is 0.551. The predicted octanol–water partition coefficient (Wildman–Crippen LogP) is 2.84. The summed E-state index contributed by atoms with van der Waals surface area (Å²) in [6, 6.07) is 2.48. The molecule has 0 aliphatic carbocycles. The Morgan fingerprint density at radius 1 is 1.50 bits per heavy atom. The van der Waals surface area contributed by atoms with Gasteiger partial charge in [0.1, 0.15) is 0 Å². The van der Waals surface area contributed by atoms with Crippen LogP contribution >= 0.6 is 0 Å². The minimum atomic E-state index is 0.412. The summed E-state index contributed by atoms with van der Waals surface area (Å²) in [6.45, 7) is 7.63. The maximum atomic E-state index is 4.15. The number of aromatic nitrogens is 1. The van der Waals surface area contributed by atoms with Gasteiger partial charge in [0.2, 0.25) is 0 Å². The first kappa shape index (κ1) is 11.2. The average Bonchev–Trinajstić information content (AvgIpc) is 2.18. The SMILES string of the molecule is CCCCNC(C)c1cnccc1C. The van der Waals surface area contributed by atoms with Gasteiger partial charge in [-0.05, 0) is 44.0 Å². The number of aryl methyl sites for hydroxylation is 1. The fraction of sp³-hybridized carbons (Fsp3) is 0.583. The van der Waals surface area contributed by atoms with E-state index in [-0.39, 0.29) is 0 Å². The Kier molecular flexibility index (Phi) is 4.60. The molecule has 1 N–H and O–H groups in total. The van der Waals surface area contributed by atoms with Crippen LogP contribution < -0.4 is 5.32 Å². The van der Waals surface area contributed by atoms with Gasteiger partial charge < -0.3 is 5.32 Å². The maximum absolute atomic E-state index is 4.15. The van der Waals surface area contributed by atoms with Crippen molar-refractivity contribution in [3.63, 3.8) is 0 Å². The van der Waals surface area contributed by atoms with E-state index in [1.54, 1.807) is 0 Å². The summed E-state index contributed by atoms with van der Waals surface area (Å²) < 4.78 is 0. The van der Waals surface area contributed by atoms with Crippen LogP contribution in [0.15, 0.2) is 18.5 Å². The van der Waals surface area contributed by atoms with Crippen LogP contribution in [0.5, 0.6) is 0 Å². The van der Waals surface area contributed by atoms with E-state index in [4.69, 9.17) is 0 Å². The molecule has 0 aromatic carbocycles. The van der Waals surface area contributed by atoms with E-state index in [0.717, 1.165) is 6.54 Å². The zero-order valence-electron chi connectivity index (χ0n) is 9.38. The molecule has 0 fully saturated rings. The third kappa shape index (κ3) is 3.11. The van der Waals surface area contributed by atoms with Crippen LogP contribution in [-0.4, -0.2) is 11.5 Å². The highest BCUT2D eigenvalue weighted by molar-refractivity contribution is 5.24. The minimum Gasteiger partial charge on any atom is -0.310 e. The Morgan fingerprint density at radius 2 is 2.29 bits per heavy atom. The predicted molar refractivity (Wildman–Crippen MR) is 60.3 cm³/mol. The largest absolute Gasteiger partial charge is 0.310 e. The first-order chi connectivity index (χ1) is 6.75. The van der Waals surface area contributed by atoms with Crippen molar-refractivity contribution in [1.82, 2.24) is 10.3 Å². The molecule has 1 aromatic rings. The molecular formula is C12H20N2. The zero-order valence-corrected chi connectivity index (χ0v) is 9.38. The monoisotopic (exact) mass is 192 g/mol. The first-order valence-electron chi connectivity index (χ1n) is 5.39. The summed E-state index contributed by atoms with van der Waals surface area (Å²) in [5.41, 5.74) is 2.63. The smallest absolute Gasteiger partial charge is 0.0318 e. The van der Waals surface area contributed by atoms with E-state index in [9.17, 15) is 0 Å². The summed E-state index contributed by atoms with van der Waals surface area (Å²) in [7, 11) is 0. The second-order valence-electron chi connectivity index (χ2n) is 3.76. The Morgan fingerprint density at radius 3 is 2.93 bits per heavy atom. The van der Waals surface area contributed by atoms with E-state index in [1.165, 1.54) is 24.0 Å². The molecule has 1 rings (SSSR count). The molecule has 0 spiro atoms. The third-order valence-electron chi connectivity index (χ3n) is 2.53. The van der Waals surface area contributed by atoms with Crippen molar-refractivity contribution in [3.05, 3.63) is 29.6 Å². The standard InChI is InChI=1S/C12H20N2/c1-4-5-7-14-11(3)12-9-13-8-6-10(12)2/h6,8-9,11,14H,4-5,7H2,1-3H3. The quantitative estimate of drug-likeness (QED) is 0.726. The van der Waals surface area contributed by atoms with Crippen molar-refractivity contribution in [3.8, 4) is 0 Å². The second kappa shape index (κ2) is 5.76.